The second-order valence-electron chi connectivity index (χ2n) is 5.87. The summed E-state index contributed by atoms with van der Waals surface area (Å²) in [6.45, 7) is 2.07. The zero-order valence-electron chi connectivity index (χ0n) is 12.0. The number of amides is 1. The summed E-state index contributed by atoms with van der Waals surface area (Å²) < 4.78 is 13.7. The van der Waals surface area contributed by atoms with E-state index in [0.29, 0.717) is 23.9 Å². The number of aromatic nitrogens is 1. The first-order valence-electron chi connectivity index (χ1n) is 6.98. The van der Waals surface area contributed by atoms with E-state index < -0.39 is 17.2 Å². The van der Waals surface area contributed by atoms with Crippen LogP contribution in [0.25, 0.3) is 10.9 Å². The number of likely N-dealkylation sites (tertiary alicyclic amines) is 1. The fourth-order valence-electron chi connectivity index (χ4n) is 2.80. The Bertz CT molecular complexity index is 777. The van der Waals surface area contributed by atoms with Crippen molar-refractivity contribution in [1.29, 1.82) is 0 Å². The van der Waals surface area contributed by atoms with Crippen molar-refractivity contribution in [3.05, 3.63) is 41.8 Å². The van der Waals surface area contributed by atoms with Gasteiger partial charge in [0.05, 0.1) is 16.5 Å². The van der Waals surface area contributed by atoms with Crippen molar-refractivity contribution >= 4 is 22.8 Å². The highest BCUT2D eigenvalue weighted by Crippen LogP contribution is 2.32. The maximum absolute atomic E-state index is 13.7. The molecule has 1 aromatic carbocycles. The molecule has 2 aromatic rings. The topological polar surface area (TPSA) is 70.5 Å². The van der Waals surface area contributed by atoms with Crippen molar-refractivity contribution in [3.8, 4) is 0 Å². The summed E-state index contributed by atoms with van der Waals surface area (Å²) >= 11 is 0. The molecule has 22 heavy (non-hydrogen) atoms. The fraction of sp³-hybridized carbons (Fsp3) is 0.312. The fourth-order valence-corrected chi connectivity index (χ4v) is 2.80. The van der Waals surface area contributed by atoms with E-state index in [0.717, 1.165) is 6.07 Å². The molecule has 114 valence electrons. The van der Waals surface area contributed by atoms with Gasteiger partial charge in [0, 0.05) is 24.7 Å². The van der Waals surface area contributed by atoms with Crippen molar-refractivity contribution in [1.82, 2.24) is 9.88 Å². The summed E-state index contributed by atoms with van der Waals surface area (Å²) in [4.78, 5) is 29.5. The summed E-state index contributed by atoms with van der Waals surface area (Å²) in [6.07, 6.45) is 1.93. The van der Waals surface area contributed by atoms with E-state index in [4.69, 9.17) is 0 Å². The molecule has 1 N–H and O–H groups in total. The van der Waals surface area contributed by atoms with Crippen molar-refractivity contribution in [2.45, 2.75) is 13.3 Å². The number of hydrogen-bond acceptors (Lipinski definition) is 3. The van der Waals surface area contributed by atoms with E-state index in [1.165, 1.54) is 11.0 Å². The third-order valence-electron chi connectivity index (χ3n) is 4.18. The van der Waals surface area contributed by atoms with Gasteiger partial charge < -0.3 is 10.0 Å². The second-order valence-corrected chi connectivity index (χ2v) is 5.87. The van der Waals surface area contributed by atoms with Crippen molar-refractivity contribution < 1.29 is 19.1 Å². The van der Waals surface area contributed by atoms with Gasteiger partial charge in [-0.05, 0) is 31.5 Å². The van der Waals surface area contributed by atoms with Gasteiger partial charge in [-0.25, -0.2) is 4.39 Å². The average Bonchev–Trinajstić information content (AvgIpc) is 2.89. The Labute approximate surface area is 126 Å². The van der Waals surface area contributed by atoms with E-state index in [9.17, 15) is 19.1 Å². The molecule has 6 heteroatoms. The maximum atomic E-state index is 13.7. The van der Waals surface area contributed by atoms with Gasteiger partial charge in [0.1, 0.15) is 5.82 Å². The molecule has 1 unspecified atom stereocenters. The Hall–Kier alpha value is -2.50. The SMILES string of the molecule is CC1(C(=O)O)CCN(C(=O)c2cc(F)cc3cccnc23)C1. The van der Waals surface area contributed by atoms with Crippen molar-refractivity contribution in [2.75, 3.05) is 13.1 Å². The van der Waals surface area contributed by atoms with E-state index in [2.05, 4.69) is 4.98 Å². The number of carbonyl (C=O) groups excluding carboxylic acids is 1. The number of carboxylic acids is 1. The number of nitrogens with zero attached hydrogens (tertiary/aromatic N) is 2. The molecule has 0 bridgehead atoms. The van der Waals surface area contributed by atoms with Crippen LogP contribution in [0.4, 0.5) is 4.39 Å². The number of halogens is 1. The van der Waals surface area contributed by atoms with Crippen molar-refractivity contribution in [2.24, 2.45) is 5.41 Å². The van der Waals surface area contributed by atoms with Gasteiger partial charge >= 0.3 is 5.97 Å². The van der Waals surface area contributed by atoms with E-state index >= 15 is 0 Å². The molecule has 1 aromatic heterocycles. The van der Waals surface area contributed by atoms with Gasteiger partial charge in [-0.3, -0.25) is 14.6 Å². The number of pyridine rings is 1. The number of hydrogen-bond donors (Lipinski definition) is 1. The lowest BCUT2D eigenvalue weighted by atomic mass is 9.90. The number of rotatable bonds is 2. The minimum atomic E-state index is -0.952. The number of fused-ring (bicyclic) bond motifs is 1. The highest BCUT2D eigenvalue weighted by molar-refractivity contribution is 6.05. The molecule has 0 radical (unpaired) electrons. The molecule has 5 nitrogen and oxygen atoms in total. The molecule has 0 aliphatic carbocycles. The Kier molecular flexibility index (Phi) is 3.31. The lowest BCUT2D eigenvalue weighted by molar-refractivity contribution is -0.147. The molecule has 1 atom stereocenters. The number of carboxylic acid groups (broad SMARTS) is 1. The molecule has 2 heterocycles. The van der Waals surface area contributed by atoms with E-state index in [1.807, 2.05) is 0 Å². The van der Waals surface area contributed by atoms with Gasteiger partial charge in [0.25, 0.3) is 5.91 Å². The van der Waals surface area contributed by atoms with Crippen LogP contribution in [0, 0.1) is 11.2 Å². The average molecular weight is 302 g/mol. The summed E-state index contributed by atoms with van der Waals surface area (Å²) in [6, 6.07) is 5.85. The minimum Gasteiger partial charge on any atom is -0.481 e. The van der Waals surface area contributed by atoms with Crippen molar-refractivity contribution in [3.63, 3.8) is 0 Å². The van der Waals surface area contributed by atoms with Gasteiger partial charge in [0.15, 0.2) is 0 Å². The van der Waals surface area contributed by atoms with E-state index in [1.54, 1.807) is 25.3 Å². The Balaban J connectivity index is 1.99. The standard InChI is InChI=1S/C16H15FN2O3/c1-16(15(21)22)4-6-19(9-16)14(20)12-8-11(17)7-10-3-2-5-18-13(10)12/h2-3,5,7-8H,4,6,9H2,1H3,(H,21,22). The highest BCUT2D eigenvalue weighted by Gasteiger charge is 2.42. The molecular weight excluding hydrogens is 287 g/mol. The molecule has 1 amide bonds. The zero-order valence-corrected chi connectivity index (χ0v) is 12.0. The number of aliphatic carboxylic acids is 1. The Morgan fingerprint density at radius 3 is 2.86 bits per heavy atom. The molecule has 0 saturated carbocycles. The van der Waals surface area contributed by atoms with Gasteiger partial charge in [-0.1, -0.05) is 6.07 Å². The van der Waals surface area contributed by atoms with Crippen LogP contribution in [0.1, 0.15) is 23.7 Å². The number of carbonyl (C=O) groups is 2. The molecule has 3 rings (SSSR count). The van der Waals surface area contributed by atoms with Crippen LogP contribution in [-0.2, 0) is 4.79 Å². The molecule has 1 fully saturated rings. The first-order chi connectivity index (χ1) is 10.4. The lowest BCUT2D eigenvalue weighted by Gasteiger charge is -2.20. The smallest absolute Gasteiger partial charge is 0.311 e. The minimum absolute atomic E-state index is 0.117. The highest BCUT2D eigenvalue weighted by atomic mass is 19.1. The third kappa shape index (κ3) is 2.30. The molecular formula is C16H15FN2O3. The molecule has 0 spiro atoms. The zero-order chi connectivity index (χ0) is 15.9. The summed E-state index contributed by atoms with van der Waals surface area (Å²) in [5, 5.41) is 9.80. The normalized spacial score (nSPS) is 21.3. The van der Waals surface area contributed by atoms with Crippen LogP contribution in [0.5, 0.6) is 0 Å². The summed E-state index contributed by atoms with van der Waals surface area (Å²) in [5.74, 6) is -1.82. The second kappa shape index (κ2) is 5.05. The first-order valence-corrected chi connectivity index (χ1v) is 6.98. The van der Waals surface area contributed by atoms with Crippen LogP contribution in [-0.4, -0.2) is 40.0 Å². The van der Waals surface area contributed by atoms with Crippen LogP contribution >= 0.6 is 0 Å². The molecule has 1 aliphatic rings. The third-order valence-corrected chi connectivity index (χ3v) is 4.18. The monoisotopic (exact) mass is 302 g/mol. The Morgan fingerprint density at radius 2 is 2.18 bits per heavy atom. The largest absolute Gasteiger partial charge is 0.481 e. The van der Waals surface area contributed by atoms with E-state index in [-0.39, 0.29) is 18.0 Å². The predicted molar refractivity (Wildman–Crippen MR) is 78.0 cm³/mol. The van der Waals surface area contributed by atoms with Gasteiger partial charge in [0.2, 0.25) is 0 Å². The first kappa shape index (κ1) is 14.4. The Morgan fingerprint density at radius 1 is 1.41 bits per heavy atom. The lowest BCUT2D eigenvalue weighted by Crippen LogP contribution is -2.35. The summed E-state index contributed by atoms with van der Waals surface area (Å²) in [5.41, 5.74) is -0.352. The van der Waals surface area contributed by atoms with Crippen LogP contribution in [0.2, 0.25) is 0 Å². The predicted octanol–water partition coefficient (Wildman–Crippen LogP) is 2.31. The van der Waals surface area contributed by atoms with Crippen LogP contribution < -0.4 is 0 Å². The van der Waals surface area contributed by atoms with Gasteiger partial charge in [-0.15, -0.1) is 0 Å². The number of benzene rings is 1. The maximum Gasteiger partial charge on any atom is 0.311 e. The van der Waals surface area contributed by atoms with Crippen LogP contribution in [0.15, 0.2) is 30.5 Å². The quantitative estimate of drug-likeness (QED) is 0.924. The molecule has 1 aliphatic heterocycles. The summed E-state index contributed by atoms with van der Waals surface area (Å²) in [7, 11) is 0. The molecule has 1 saturated heterocycles. The van der Waals surface area contributed by atoms with Crippen LogP contribution in [0.3, 0.4) is 0 Å². The van der Waals surface area contributed by atoms with Gasteiger partial charge in [-0.2, -0.15) is 0 Å².